The molecule has 16 aromatic carbocycles. The van der Waals surface area contributed by atoms with Crippen molar-refractivity contribution < 1.29 is 0 Å². The average molecular weight is 1480 g/mol. The summed E-state index contributed by atoms with van der Waals surface area (Å²) in [7, 11) is 0. The van der Waals surface area contributed by atoms with Crippen molar-refractivity contribution in [3.63, 3.8) is 0 Å². The molecular formula is C112H76N4. The molecule has 4 heteroatoms. The minimum atomic E-state index is 0.939. The molecule has 0 saturated carbocycles. The van der Waals surface area contributed by atoms with E-state index in [-0.39, 0.29) is 0 Å². The Balaban J connectivity index is 0.000000155. The molecule has 0 amide bonds. The predicted octanol–water partition coefficient (Wildman–Crippen LogP) is 29.9. The van der Waals surface area contributed by atoms with Gasteiger partial charge in [0, 0.05) is 44.2 Å². The van der Waals surface area contributed by atoms with Gasteiger partial charge in [-0.15, -0.1) is 0 Å². The lowest BCUT2D eigenvalue weighted by atomic mass is 9.92. The van der Waals surface area contributed by atoms with Crippen LogP contribution >= 0.6 is 0 Å². The minimum absolute atomic E-state index is 0.939. The van der Waals surface area contributed by atoms with Crippen LogP contribution in [-0.2, 0) is 0 Å². The number of rotatable bonds is 16. The van der Waals surface area contributed by atoms with E-state index in [0.717, 1.165) is 145 Å². The maximum atomic E-state index is 5.29. The van der Waals surface area contributed by atoms with Gasteiger partial charge in [-0.3, -0.25) is 0 Å². The third-order valence-electron chi connectivity index (χ3n) is 21.8. The second-order valence-corrected chi connectivity index (χ2v) is 29.2. The Morgan fingerprint density at radius 1 is 0.103 bits per heavy atom. The highest BCUT2D eigenvalue weighted by molar-refractivity contribution is 6.02. The van der Waals surface area contributed by atoms with Crippen LogP contribution < -0.4 is 0 Å². The van der Waals surface area contributed by atoms with E-state index in [0.29, 0.717) is 0 Å². The van der Waals surface area contributed by atoms with Crippen molar-refractivity contribution in [2.24, 2.45) is 0 Å². The van der Waals surface area contributed by atoms with E-state index < -0.39 is 0 Å². The number of fused-ring (bicyclic) bond motifs is 2. The Morgan fingerprint density at radius 3 is 0.603 bits per heavy atom. The van der Waals surface area contributed by atoms with Gasteiger partial charge in [-0.1, -0.05) is 394 Å². The fraction of sp³-hybridized carbons (Fsp3) is 0. The maximum absolute atomic E-state index is 5.29. The summed E-state index contributed by atoms with van der Waals surface area (Å²) >= 11 is 0. The molecule has 0 N–H and O–H groups in total. The van der Waals surface area contributed by atoms with E-state index >= 15 is 0 Å². The fourth-order valence-electron chi connectivity index (χ4n) is 15.6. The van der Waals surface area contributed by atoms with Crippen molar-refractivity contribution in [1.82, 2.24) is 19.9 Å². The number of aromatic nitrogens is 4. The van der Waals surface area contributed by atoms with Crippen molar-refractivity contribution in [3.05, 3.63) is 461 Å². The Labute approximate surface area is 677 Å². The predicted molar refractivity (Wildman–Crippen MR) is 486 cm³/mol. The van der Waals surface area contributed by atoms with Crippen molar-refractivity contribution in [1.29, 1.82) is 0 Å². The first-order valence-electron chi connectivity index (χ1n) is 39.4. The summed E-state index contributed by atoms with van der Waals surface area (Å²) in [6, 6.07) is 164. The molecule has 0 aliphatic heterocycles. The zero-order chi connectivity index (χ0) is 77.4. The zero-order valence-electron chi connectivity index (χ0n) is 63.7. The molecule has 4 nitrogen and oxygen atoms in total. The van der Waals surface area contributed by atoms with E-state index in [9.17, 15) is 0 Å². The Bertz CT molecular complexity index is 6690. The van der Waals surface area contributed by atoms with Crippen LogP contribution in [0.2, 0.25) is 0 Å². The zero-order valence-corrected chi connectivity index (χ0v) is 63.7. The van der Waals surface area contributed by atoms with Gasteiger partial charge in [0.15, 0.2) is 0 Å². The number of hydrogen-bond donors (Lipinski definition) is 0. The smallest absolute Gasteiger partial charge is 0.0716 e. The molecule has 0 aliphatic carbocycles. The molecule has 0 unspecified atom stereocenters. The molecule has 0 radical (unpaired) electrons. The van der Waals surface area contributed by atoms with Crippen LogP contribution in [0, 0.1) is 0 Å². The summed E-state index contributed by atoms with van der Waals surface area (Å²) in [5, 5.41) is 2.22. The fourth-order valence-corrected chi connectivity index (χ4v) is 15.6. The first-order valence-corrected chi connectivity index (χ1v) is 39.4. The van der Waals surface area contributed by atoms with Crippen molar-refractivity contribution in [3.8, 4) is 179 Å². The average Bonchev–Trinajstić information content (AvgIpc) is 0.760. The molecule has 0 bridgehead atoms. The summed E-state index contributed by atoms with van der Waals surface area (Å²) < 4.78 is 0. The summed E-state index contributed by atoms with van der Waals surface area (Å²) in [6.45, 7) is 0. The molecule has 4 aromatic heterocycles. The van der Waals surface area contributed by atoms with Crippen molar-refractivity contribution in [2.45, 2.75) is 0 Å². The summed E-state index contributed by atoms with van der Waals surface area (Å²) in [5.74, 6) is 0. The van der Waals surface area contributed by atoms with Crippen LogP contribution in [0.5, 0.6) is 0 Å². The Hall–Kier alpha value is -15.4. The van der Waals surface area contributed by atoms with Crippen molar-refractivity contribution in [2.75, 3.05) is 0 Å². The highest BCUT2D eigenvalue weighted by Gasteiger charge is 2.19. The van der Waals surface area contributed by atoms with Crippen LogP contribution in [0.25, 0.3) is 201 Å². The quantitative estimate of drug-likeness (QED) is 0.0967. The molecular weight excluding hydrogens is 1400 g/mol. The van der Waals surface area contributed by atoms with E-state index in [2.05, 4.69) is 437 Å². The molecule has 116 heavy (non-hydrogen) atoms. The number of hydrogen-bond acceptors (Lipinski definition) is 4. The van der Waals surface area contributed by atoms with Gasteiger partial charge in [0.1, 0.15) is 0 Å². The van der Waals surface area contributed by atoms with Gasteiger partial charge in [0.05, 0.1) is 45.2 Å². The molecule has 0 spiro atoms. The summed E-state index contributed by atoms with van der Waals surface area (Å²) in [4.78, 5) is 20.8. The molecule has 20 rings (SSSR count). The SMILES string of the molecule is c1ccc(-c2ccc(-c3ccc4nc(-c5ccc(-c6ccccc6)cc5)cc(-c5ccc(-c6cc(-c7ccccc7)nc(-c7ccccc7)c6)cc5)c4c3)cc2)cc1.c1ccc(-c2ccc(-c3ccc4nc(-c5ccc(-c6ccccc6)cc5)cc(-c5cccc(-c6cc(-c7ccccc7)nc(-c7ccccc7)c6)c5)c4c3)cc2)cc1. The number of benzene rings is 16. The van der Waals surface area contributed by atoms with Gasteiger partial charge < -0.3 is 0 Å². The van der Waals surface area contributed by atoms with Crippen LogP contribution in [0.4, 0.5) is 0 Å². The normalized spacial score (nSPS) is 11.1. The lowest BCUT2D eigenvalue weighted by Gasteiger charge is -2.15. The molecule has 20 aromatic rings. The summed E-state index contributed by atoms with van der Waals surface area (Å²) in [5.41, 5.74) is 37.4. The summed E-state index contributed by atoms with van der Waals surface area (Å²) in [6.07, 6.45) is 0. The number of nitrogens with zero attached hydrogens (tertiary/aromatic N) is 4. The molecule has 4 heterocycles. The van der Waals surface area contributed by atoms with E-state index in [1.54, 1.807) is 0 Å². The third-order valence-corrected chi connectivity index (χ3v) is 21.8. The maximum Gasteiger partial charge on any atom is 0.0716 e. The van der Waals surface area contributed by atoms with E-state index in [4.69, 9.17) is 19.9 Å². The highest BCUT2D eigenvalue weighted by atomic mass is 14.7. The third kappa shape index (κ3) is 15.5. The van der Waals surface area contributed by atoms with Gasteiger partial charge in [0.25, 0.3) is 0 Å². The second kappa shape index (κ2) is 32.5. The topological polar surface area (TPSA) is 51.6 Å². The second-order valence-electron chi connectivity index (χ2n) is 29.2. The first-order chi connectivity index (χ1) is 57.4. The van der Waals surface area contributed by atoms with Crippen LogP contribution in [0.3, 0.4) is 0 Å². The van der Waals surface area contributed by atoms with Crippen molar-refractivity contribution >= 4 is 21.8 Å². The van der Waals surface area contributed by atoms with E-state index in [1.807, 2.05) is 24.3 Å². The molecule has 0 saturated heterocycles. The molecule has 544 valence electrons. The van der Waals surface area contributed by atoms with E-state index in [1.165, 1.54) is 55.6 Å². The molecule has 0 atom stereocenters. The Kier molecular flexibility index (Phi) is 19.9. The lowest BCUT2D eigenvalue weighted by Crippen LogP contribution is -1.93. The Morgan fingerprint density at radius 2 is 0.293 bits per heavy atom. The van der Waals surface area contributed by atoms with Crippen LogP contribution in [-0.4, -0.2) is 19.9 Å². The van der Waals surface area contributed by atoms with Gasteiger partial charge in [-0.2, -0.15) is 0 Å². The largest absolute Gasteiger partial charge is 0.248 e. The molecule has 0 aliphatic rings. The number of pyridine rings is 4. The van der Waals surface area contributed by atoms with Crippen LogP contribution in [0.1, 0.15) is 0 Å². The van der Waals surface area contributed by atoms with Crippen LogP contribution in [0.15, 0.2) is 461 Å². The van der Waals surface area contributed by atoms with Gasteiger partial charge >= 0.3 is 0 Å². The van der Waals surface area contributed by atoms with Gasteiger partial charge in [-0.05, 0) is 178 Å². The lowest BCUT2D eigenvalue weighted by molar-refractivity contribution is 1.32. The first kappa shape index (κ1) is 71.0. The van der Waals surface area contributed by atoms with Gasteiger partial charge in [-0.25, -0.2) is 19.9 Å². The van der Waals surface area contributed by atoms with Gasteiger partial charge in [0.2, 0.25) is 0 Å². The monoisotopic (exact) mass is 1480 g/mol. The standard InChI is InChI=1S/2C56H38N2/c1-5-14-39(15-6-1)41-24-26-43(27-25-41)48-32-33-53-52(35-48)51(38-56(57-53)46-30-28-42(29-31-46)40-16-7-2-8-17-40)49-23-13-22-47(34-49)50-36-54(44-18-9-3-10-19-44)58-55(37-50)45-20-11-4-12-21-45;1-5-13-39(14-6-1)41-21-23-43(24-22-41)49-33-34-53-52(35-49)51(38-56(57-53)48-31-27-42(28-32-48)40-15-7-2-8-16-40)45-29-25-44(26-30-45)50-36-54(46-17-9-3-10-18-46)58-55(37-50)47-19-11-4-12-20-47/h2*1-38H. The highest BCUT2D eigenvalue weighted by Crippen LogP contribution is 2.42. The minimum Gasteiger partial charge on any atom is -0.248 e. The molecule has 0 fully saturated rings.